The fraction of sp³-hybridized carbons (Fsp3) is 0.909. The number of esters is 1. The van der Waals surface area contributed by atoms with Crippen LogP contribution in [0.25, 0.3) is 0 Å². The van der Waals surface area contributed by atoms with Crippen LogP contribution in [0.15, 0.2) is 0 Å². The van der Waals surface area contributed by atoms with Gasteiger partial charge in [0.05, 0.1) is 19.3 Å². The predicted octanol–water partition coefficient (Wildman–Crippen LogP) is 0.333. The van der Waals surface area contributed by atoms with Crippen LogP contribution in [0.1, 0.15) is 20.3 Å². The van der Waals surface area contributed by atoms with Gasteiger partial charge in [-0.15, -0.1) is 0 Å². The summed E-state index contributed by atoms with van der Waals surface area (Å²) in [6.45, 7) is 5.85. The van der Waals surface area contributed by atoms with Gasteiger partial charge in [-0.05, 0) is 13.8 Å². The van der Waals surface area contributed by atoms with Gasteiger partial charge < -0.3 is 14.2 Å². The number of rotatable bonds is 6. The summed E-state index contributed by atoms with van der Waals surface area (Å²) in [5.41, 5.74) is -0.700. The molecular weight excluding hydrogens is 210 g/mol. The maximum Gasteiger partial charge on any atom is 0.329 e. The minimum absolute atomic E-state index is 0.164. The lowest BCUT2D eigenvalue weighted by molar-refractivity contribution is -0.153. The van der Waals surface area contributed by atoms with Gasteiger partial charge in [0.25, 0.3) is 0 Å². The van der Waals surface area contributed by atoms with Crippen molar-refractivity contribution in [2.24, 2.45) is 0 Å². The van der Waals surface area contributed by atoms with Crippen molar-refractivity contribution < 1.29 is 19.0 Å². The Hall–Kier alpha value is -0.650. The van der Waals surface area contributed by atoms with Gasteiger partial charge in [-0.1, -0.05) is 0 Å². The van der Waals surface area contributed by atoms with Gasteiger partial charge in [0.1, 0.15) is 5.54 Å². The summed E-state index contributed by atoms with van der Waals surface area (Å²) in [6, 6.07) is 0. The molecule has 0 saturated carbocycles. The number of methoxy groups -OCH3 is 1. The molecule has 1 fully saturated rings. The molecule has 0 spiro atoms. The molecule has 1 aliphatic rings. The Morgan fingerprint density at radius 1 is 1.62 bits per heavy atom. The molecule has 2 atom stereocenters. The van der Waals surface area contributed by atoms with E-state index in [1.807, 2.05) is 6.92 Å². The lowest BCUT2D eigenvalue weighted by atomic mass is 9.92. The molecule has 0 radical (unpaired) electrons. The molecule has 0 aromatic heterocycles. The average molecular weight is 231 g/mol. The Morgan fingerprint density at radius 3 is 2.88 bits per heavy atom. The van der Waals surface area contributed by atoms with Crippen molar-refractivity contribution >= 4 is 5.97 Å². The number of carbonyl (C=O) groups is 1. The zero-order valence-electron chi connectivity index (χ0n) is 10.2. The molecule has 0 amide bonds. The number of ether oxygens (including phenoxy) is 3. The number of nitrogens with one attached hydrogen (secondary N) is 1. The fourth-order valence-corrected chi connectivity index (χ4v) is 1.95. The molecule has 0 aliphatic carbocycles. The first-order chi connectivity index (χ1) is 7.67. The van der Waals surface area contributed by atoms with Gasteiger partial charge in [-0.3, -0.25) is 5.32 Å². The molecule has 1 heterocycles. The van der Waals surface area contributed by atoms with Crippen LogP contribution in [0.3, 0.4) is 0 Å². The summed E-state index contributed by atoms with van der Waals surface area (Å²) in [5.74, 6) is -0.226. The second-order valence-electron chi connectivity index (χ2n) is 3.87. The van der Waals surface area contributed by atoms with E-state index in [9.17, 15) is 4.79 Å². The van der Waals surface area contributed by atoms with Crippen molar-refractivity contribution in [3.05, 3.63) is 0 Å². The molecule has 0 bridgehead atoms. The third kappa shape index (κ3) is 2.72. The second kappa shape index (κ2) is 6.18. The summed E-state index contributed by atoms with van der Waals surface area (Å²) < 4.78 is 15.5. The van der Waals surface area contributed by atoms with Crippen molar-refractivity contribution in [1.29, 1.82) is 0 Å². The maximum atomic E-state index is 12.0. The van der Waals surface area contributed by atoms with E-state index >= 15 is 0 Å². The molecule has 94 valence electrons. The zero-order chi connectivity index (χ0) is 12.0. The van der Waals surface area contributed by atoms with Gasteiger partial charge in [0, 0.05) is 26.7 Å². The van der Waals surface area contributed by atoms with Gasteiger partial charge in [0.2, 0.25) is 0 Å². The standard InChI is InChI=1S/C11H21NO4/c1-4-15-10(13)11(12-6-8-14-3)5-7-16-9(11)2/h9,12H,4-8H2,1-3H3. The van der Waals surface area contributed by atoms with Crippen molar-refractivity contribution in [2.45, 2.75) is 31.9 Å². The minimum atomic E-state index is -0.700. The Bertz CT molecular complexity index is 234. The van der Waals surface area contributed by atoms with E-state index in [-0.39, 0.29) is 12.1 Å². The van der Waals surface area contributed by atoms with Crippen LogP contribution in [0.5, 0.6) is 0 Å². The summed E-state index contributed by atoms with van der Waals surface area (Å²) >= 11 is 0. The van der Waals surface area contributed by atoms with Crippen LogP contribution < -0.4 is 5.32 Å². The lowest BCUT2D eigenvalue weighted by Gasteiger charge is -2.30. The number of hydrogen-bond donors (Lipinski definition) is 1. The SMILES string of the molecule is CCOC(=O)C1(NCCOC)CCOC1C. The highest BCUT2D eigenvalue weighted by molar-refractivity contribution is 5.82. The zero-order valence-corrected chi connectivity index (χ0v) is 10.2. The molecule has 0 aromatic carbocycles. The molecule has 1 rings (SSSR count). The largest absolute Gasteiger partial charge is 0.465 e. The highest BCUT2D eigenvalue weighted by Gasteiger charge is 2.48. The third-order valence-corrected chi connectivity index (χ3v) is 2.94. The van der Waals surface area contributed by atoms with E-state index in [0.717, 1.165) is 0 Å². The molecule has 16 heavy (non-hydrogen) atoms. The van der Waals surface area contributed by atoms with Gasteiger partial charge in [0.15, 0.2) is 0 Å². The van der Waals surface area contributed by atoms with E-state index in [4.69, 9.17) is 14.2 Å². The molecular formula is C11H21NO4. The smallest absolute Gasteiger partial charge is 0.329 e. The van der Waals surface area contributed by atoms with Gasteiger partial charge >= 0.3 is 5.97 Å². The molecule has 1 aliphatic heterocycles. The fourth-order valence-electron chi connectivity index (χ4n) is 1.95. The van der Waals surface area contributed by atoms with Crippen LogP contribution in [-0.2, 0) is 19.0 Å². The Kier molecular flexibility index (Phi) is 5.18. The first-order valence-electron chi connectivity index (χ1n) is 5.70. The predicted molar refractivity (Wildman–Crippen MR) is 59.3 cm³/mol. The molecule has 1 saturated heterocycles. The minimum Gasteiger partial charge on any atom is -0.465 e. The molecule has 0 aromatic rings. The lowest BCUT2D eigenvalue weighted by Crippen LogP contribution is -2.58. The summed E-state index contributed by atoms with van der Waals surface area (Å²) in [7, 11) is 1.63. The van der Waals surface area contributed by atoms with Crippen LogP contribution in [0.2, 0.25) is 0 Å². The van der Waals surface area contributed by atoms with Crippen LogP contribution in [0, 0.1) is 0 Å². The van der Waals surface area contributed by atoms with Crippen LogP contribution in [-0.4, -0.2) is 51.1 Å². The summed E-state index contributed by atoms with van der Waals surface area (Å²) in [4.78, 5) is 12.0. The number of carbonyl (C=O) groups excluding carboxylic acids is 1. The van der Waals surface area contributed by atoms with Crippen molar-refractivity contribution in [2.75, 3.05) is 33.5 Å². The van der Waals surface area contributed by atoms with E-state index in [0.29, 0.717) is 32.8 Å². The van der Waals surface area contributed by atoms with Gasteiger partial charge in [-0.2, -0.15) is 0 Å². The topological polar surface area (TPSA) is 56.8 Å². The first-order valence-corrected chi connectivity index (χ1v) is 5.70. The van der Waals surface area contributed by atoms with E-state index in [1.54, 1.807) is 14.0 Å². The normalized spacial score (nSPS) is 29.3. The molecule has 2 unspecified atom stereocenters. The summed E-state index contributed by atoms with van der Waals surface area (Å²) in [6.07, 6.45) is 0.486. The summed E-state index contributed by atoms with van der Waals surface area (Å²) in [5, 5.41) is 3.21. The Labute approximate surface area is 96.4 Å². The molecule has 5 heteroatoms. The van der Waals surface area contributed by atoms with Crippen LogP contribution in [0.4, 0.5) is 0 Å². The first kappa shape index (κ1) is 13.4. The number of hydrogen-bond acceptors (Lipinski definition) is 5. The quantitative estimate of drug-likeness (QED) is 0.527. The van der Waals surface area contributed by atoms with Crippen molar-refractivity contribution in [3.8, 4) is 0 Å². The Morgan fingerprint density at radius 2 is 2.38 bits per heavy atom. The van der Waals surface area contributed by atoms with Crippen molar-refractivity contribution in [3.63, 3.8) is 0 Å². The van der Waals surface area contributed by atoms with Crippen LogP contribution >= 0.6 is 0 Å². The van der Waals surface area contributed by atoms with Gasteiger partial charge in [-0.25, -0.2) is 4.79 Å². The highest BCUT2D eigenvalue weighted by Crippen LogP contribution is 2.27. The van der Waals surface area contributed by atoms with E-state index in [1.165, 1.54) is 0 Å². The maximum absolute atomic E-state index is 12.0. The highest BCUT2D eigenvalue weighted by atomic mass is 16.5. The van der Waals surface area contributed by atoms with E-state index in [2.05, 4.69) is 5.32 Å². The average Bonchev–Trinajstić information content (AvgIpc) is 2.62. The molecule has 5 nitrogen and oxygen atoms in total. The Balaban J connectivity index is 2.64. The molecule has 1 N–H and O–H groups in total. The second-order valence-corrected chi connectivity index (χ2v) is 3.87. The monoisotopic (exact) mass is 231 g/mol. The van der Waals surface area contributed by atoms with Crippen molar-refractivity contribution in [1.82, 2.24) is 5.32 Å². The third-order valence-electron chi connectivity index (χ3n) is 2.94. The van der Waals surface area contributed by atoms with E-state index < -0.39 is 5.54 Å².